The maximum absolute atomic E-state index is 11.5. The molecule has 0 unspecified atom stereocenters. The van der Waals surface area contributed by atoms with Gasteiger partial charge in [0, 0.05) is 17.1 Å². The van der Waals surface area contributed by atoms with E-state index >= 15 is 0 Å². The molecule has 0 saturated heterocycles. The third-order valence-corrected chi connectivity index (χ3v) is 3.81. The maximum Gasteiger partial charge on any atom is 0.309 e. The average molecular weight is 356 g/mol. The van der Waals surface area contributed by atoms with Gasteiger partial charge in [-0.15, -0.1) is 5.10 Å². The first-order chi connectivity index (χ1) is 10.9. The number of rotatable bonds is 6. The van der Waals surface area contributed by atoms with E-state index in [2.05, 4.69) is 5.10 Å². The lowest BCUT2D eigenvalue weighted by Crippen LogP contribution is -2.31. The molecule has 0 saturated carbocycles. The molecule has 0 aliphatic heterocycles. The highest BCUT2D eigenvalue weighted by Crippen LogP contribution is 2.20. The third-order valence-electron chi connectivity index (χ3n) is 3.26. The van der Waals surface area contributed by atoms with Crippen molar-refractivity contribution < 1.29 is 13.9 Å². The maximum atomic E-state index is 11.5. The number of methoxy groups -OCH3 is 1. The van der Waals surface area contributed by atoms with Crippen molar-refractivity contribution in [2.75, 3.05) is 20.7 Å². The molecule has 0 spiro atoms. The van der Waals surface area contributed by atoms with Crippen LogP contribution in [0.4, 0.5) is 0 Å². The predicted molar refractivity (Wildman–Crippen MR) is 89.6 cm³/mol. The Morgan fingerprint density at radius 1 is 1.48 bits per heavy atom. The minimum atomic E-state index is -0.248. The lowest BCUT2D eigenvalue weighted by Gasteiger charge is -2.19. The molecule has 0 aliphatic carbocycles. The van der Waals surface area contributed by atoms with Gasteiger partial charge in [0.25, 0.3) is 4.84 Å². The van der Waals surface area contributed by atoms with E-state index in [-0.39, 0.29) is 16.7 Å². The van der Waals surface area contributed by atoms with Gasteiger partial charge in [-0.3, -0.25) is 9.69 Å². The van der Waals surface area contributed by atoms with Crippen LogP contribution in [-0.2, 0) is 16.2 Å². The summed E-state index contributed by atoms with van der Waals surface area (Å²) in [6, 6.07) is 7.16. The molecule has 2 rings (SSSR count). The number of halogens is 1. The van der Waals surface area contributed by atoms with Gasteiger partial charge in [-0.05, 0) is 43.5 Å². The molecule has 8 heteroatoms. The lowest BCUT2D eigenvalue weighted by molar-refractivity contribution is -0.145. The standard InChI is InChI=1S/C15H18ClN3O3S/c1-10(14(20)21-3)8-18(2)9-19-15(23)22-13(17-19)11-4-6-12(16)7-5-11/h4-7,10H,8-9H2,1-3H3/t10-/m1/s1. The number of esters is 1. The number of hydrogen-bond acceptors (Lipinski definition) is 6. The summed E-state index contributed by atoms with van der Waals surface area (Å²) in [7, 11) is 3.25. The normalized spacial score (nSPS) is 12.4. The van der Waals surface area contributed by atoms with E-state index in [1.807, 2.05) is 31.0 Å². The molecule has 1 aromatic heterocycles. The summed E-state index contributed by atoms with van der Waals surface area (Å²) in [6.07, 6.45) is 0. The van der Waals surface area contributed by atoms with E-state index in [9.17, 15) is 4.79 Å². The fraction of sp³-hybridized carbons (Fsp3) is 0.400. The van der Waals surface area contributed by atoms with Crippen LogP contribution in [0.25, 0.3) is 11.5 Å². The van der Waals surface area contributed by atoms with E-state index in [0.29, 0.717) is 24.1 Å². The average Bonchev–Trinajstić information content (AvgIpc) is 2.87. The lowest BCUT2D eigenvalue weighted by atomic mass is 10.2. The van der Waals surface area contributed by atoms with Gasteiger partial charge in [0.1, 0.15) is 0 Å². The second kappa shape index (κ2) is 7.72. The van der Waals surface area contributed by atoms with Crippen LogP contribution in [0.5, 0.6) is 0 Å². The molecule has 0 bridgehead atoms. The van der Waals surface area contributed by atoms with Crippen molar-refractivity contribution in [3.8, 4) is 11.5 Å². The van der Waals surface area contributed by atoms with Crippen molar-refractivity contribution in [2.45, 2.75) is 13.6 Å². The Kier molecular flexibility index (Phi) is 5.92. The molecule has 1 aromatic carbocycles. The number of nitrogens with zero attached hydrogens (tertiary/aromatic N) is 3. The van der Waals surface area contributed by atoms with Crippen molar-refractivity contribution in [1.29, 1.82) is 0 Å². The second-order valence-electron chi connectivity index (χ2n) is 5.28. The second-order valence-corrected chi connectivity index (χ2v) is 6.07. The quantitative estimate of drug-likeness (QED) is 0.585. The molecule has 6 nitrogen and oxygen atoms in total. The van der Waals surface area contributed by atoms with E-state index in [4.69, 9.17) is 33.0 Å². The van der Waals surface area contributed by atoms with Crippen molar-refractivity contribution in [1.82, 2.24) is 14.7 Å². The molecule has 0 aliphatic rings. The fourth-order valence-corrected chi connectivity index (χ4v) is 2.44. The van der Waals surface area contributed by atoms with Crippen LogP contribution in [0.3, 0.4) is 0 Å². The van der Waals surface area contributed by atoms with Gasteiger partial charge in [-0.25, -0.2) is 4.68 Å². The first-order valence-corrected chi connectivity index (χ1v) is 7.79. The number of aromatic nitrogens is 2. The SMILES string of the molecule is COC(=O)[C@H](C)CN(C)Cn1nc(-c2ccc(Cl)cc2)oc1=S. The van der Waals surface area contributed by atoms with Crippen LogP contribution in [0.2, 0.25) is 5.02 Å². The molecular weight excluding hydrogens is 338 g/mol. The van der Waals surface area contributed by atoms with Crippen LogP contribution in [0.15, 0.2) is 28.7 Å². The zero-order valence-electron chi connectivity index (χ0n) is 13.2. The van der Waals surface area contributed by atoms with E-state index in [0.717, 1.165) is 5.56 Å². The first-order valence-electron chi connectivity index (χ1n) is 7.01. The Labute approximate surface area is 144 Å². The summed E-state index contributed by atoms with van der Waals surface area (Å²) >= 11 is 11.1. The number of carbonyl (C=O) groups excluding carboxylic acids is 1. The van der Waals surface area contributed by atoms with Gasteiger partial charge >= 0.3 is 5.97 Å². The van der Waals surface area contributed by atoms with Crippen LogP contribution in [-0.4, -0.2) is 41.4 Å². The highest BCUT2D eigenvalue weighted by Gasteiger charge is 2.17. The van der Waals surface area contributed by atoms with Gasteiger partial charge in [-0.1, -0.05) is 18.5 Å². The van der Waals surface area contributed by atoms with Gasteiger partial charge in [-0.2, -0.15) is 0 Å². The molecule has 124 valence electrons. The summed E-state index contributed by atoms with van der Waals surface area (Å²) < 4.78 is 11.8. The molecule has 0 N–H and O–H groups in total. The van der Waals surface area contributed by atoms with Gasteiger partial charge in [0.2, 0.25) is 5.89 Å². The monoisotopic (exact) mass is 355 g/mol. The zero-order chi connectivity index (χ0) is 17.0. The Bertz CT molecular complexity index is 726. The minimum Gasteiger partial charge on any atom is -0.469 e. The van der Waals surface area contributed by atoms with Crippen molar-refractivity contribution >= 4 is 29.8 Å². The van der Waals surface area contributed by atoms with Crippen molar-refractivity contribution in [3.63, 3.8) is 0 Å². The minimum absolute atomic E-state index is 0.234. The number of ether oxygens (including phenoxy) is 1. The van der Waals surface area contributed by atoms with Crippen LogP contribution in [0, 0.1) is 10.8 Å². The predicted octanol–water partition coefficient (Wildman–Crippen LogP) is 3.22. The summed E-state index contributed by atoms with van der Waals surface area (Å²) in [6.45, 7) is 2.75. The highest BCUT2D eigenvalue weighted by atomic mass is 35.5. The molecule has 1 heterocycles. The van der Waals surface area contributed by atoms with Crippen molar-refractivity contribution in [2.24, 2.45) is 5.92 Å². The third kappa shape index (κ3) is 4.63. The Morgan fingerprint density at radius 3 is 2.74 bits per heavy atom. The van der Waals surface area contributed by atoms with Gasteiger partial charge < -0.3 is 9.15 Å². The molecular formula is C15H18ClN3O3S. The van der Waals surface area contributed by atoms with Gasteiger partial charge in [0.15, 0.2) is 0 Å². The van der Waals surface area contributed by atoms with E-state index < -0.39 is 0 Å². The molecule has 0 radical (unpaired) electrons. The van der Waals surface area contributed by atoms with Crippen molar-refractivity contribution in [3.05, 3.63) is 34.1 Å². The Morgan fingerprint density at radius 2 is 2.13 bits per heavy atom. The smallest absolute Gasteiger partial charge is 0.309 e. The highest BCUT2D eigenvalue weighted by molar-refractivity contribution is 7.71. The Balaban J connectivity index is 2.08. The summed E-state index contributed by atoms with van der Waals surface area (Å²) in [5.41, 5.74) is 0.796. The number of carbonyl (C=O) groups is 1. The van der Waals surface area contributed by atoms with Crippen LogP contribution in [0.1, 0.15) is 6.92 Å². The molecule has 0 fully saturated rings. The molecule has 23 heavy (non-hydrogen) atoms. The molecule has 1 atom stereocenters. The number of hydrogen-bond donors (Lipinski definition) is 0. The molecule has 2 aromatic rings. The van der Waals surface area contributed by atoms with E-state index in [1.165, 1.54) is 7.11 Å². The van der Waals surface area contributed by atoms with Crippen LogP contribution >= 0.6 is 23.8 Å². The fourth-order valence-electron chi connectivity index (χ4n) is 2.13. The largest absolute Gasteiger partial charge is 0.469 e. The van der Waals surface area contributed by atoms with Crippen LogP contribution < -0.4 is 0 Å². The summed E-state index contributed by atoms with van der Waals surface area (Å²) in [5, 5.41) is 5.01. The Hall–Kier alpha value is -1.70. The topological polar surface area (TPSA) is 60.5 Å². The summed E-state index contributed by atoms with van der Waals surface area (Å²) in [4.78, 5) is 13.7. The van der Waals surface area contributed by atoms with E-state index in [1.54, 1.807) is 16.8 Å². The molecule has 0 amide bonds. The first kappa shape index (κ1) is 17.7. The number of benzene rings is 1. The summed E-state index contributed by atoms with van der Waals surface area (Å²) in [5.74, 6) is -0.0506. The zero-order valence-corrected chi connectivity index (χ0v) is 14.7. The van der Waals surface area contributed by atoms with Gasteiger partial charge in [0.05, 0.1) is 19.7 Å².